The van der Waals surface area contributed by atoms with E-state index in [1.807, 2.05) is 54.6 Å². The third kappa shape index (κ3) is 3.75. The second-order valence-electron chi connectivity index (χ2n) is 7.06. The van der Waals surface area contributed by atoms with Crippen molar-refractivity contribution in [2.75, 3.05) is 7.11 Å². The Morgan fingerprint density at radius 1 is 1.00 bits per heavy atom. The first-order valence-corrected chi connectivity index (χ1v) is 11.7. The van der Waals surface area contributed by atoms with Gasteiger partial charge in [0.2, 0.25) is 0 Å². The van der Waals surface area contributed by atoms with Gasteiger partial charge in [-0.1, -0.05) is 64.5 Å². The number of benzene rings is 3. The van der Waals surface area contributed by atoms with Crippen LogP contribution < -0.4 is 4.74 Å². The molecule has 0 amide bonds. The van der Waals surface area contributed by atoms with Gasteiger partial charge in [0.15, 0.2) is 0 Å². The standard InChI is InChI=1S/C23H21BrN2O3S/c1-16-7-3-6-10-23(16)30(27,28)26-21(19-8-4-5-9-22(19)29-2)15-20(25-26)17-11-13-18(24)14-12-17/h3-14,21H,15H2,1-2H3/t21-/m0/s1. The SMILES string of the molecule is COc1ccccc1[C@@H]1CC(c2ccc(Br)cc2)=NN1S(=O)(=O)c1ccccc1C. The van der Waals surface area contributed by atoms with Crippen LogP contribution in [0.2, 0.25) is 0 Å². The van der Waals surface area contributed by atoms with Crippen LogP contribution in [0.25, 0.3) is 0 Å². The molecule has 0 N–H and O–H groups in total. The summed E-state index contributed by atoms with van der Waals surface area (Å²) in [5.74, 6) is 0.639. The van der Waals surface area contributed by atoms with E-state index in [2.05, 4.69) is 21.0 Å². The van der Waals surface area contributed by atoms with Crippen LogP contribution in [-0.2, 0) is 10.0 Å². The molecule has 1 heterocycles. The van der Waals surface area contributed by atoms with Gasteiger partial charge < -0.3 is 4.74 Å². The van der Waals surface area contributed by atoms with Crippen molar-refractivity contribution in [3.63, 3.8) is 0 Å². The number of para-hydroxylation sites is 1. The third-order valence-corrected chi connectivity index (χ3v) is 7.54. The molecule has 0 bridgehead atoms. The number of halogens is 1. The Bertz CT molecular complexity index is 1210. The highest BCUT2D eigenvalue weighted by molar-refractivity contribution is 9.10. The molecule has 5 nitrogen and oxygen atoms in total. The fourth-order valence-electron chi connectivity index (χ4n) is 3.65. The lowest BCUT2D eigenvalue weighted by molar-refractivity contribution is 0.350. The van der Waals surface area contributed by atoms with Crippen LogP contribution in [0, 0.1) is 6.92 Å². The van der Waals surface area contributed by atoms with Crippen LogP contribution in [0.5, 0.6) is 5.75 Å². The van der Waals surface area contributed by atoms with E-state index in [0.717, 1.165) is 21.3 Å². The van der Waals surface area contributed by atoms with Crippen LogP contribution >= 0.6 is 15.9 Å². The van der Waals surface area contributed by atoms with Crippen molar-refractivity contribution in [1.29, 1.82) is 0 Å². The normalized spacial score (nSPS) is 16.4. The molecule has 3 aromatic rings. The Balaban J connectivity index is 1.85. The quantitative estimate of drug-likeness (QED) is 0.493. The molecule has 7 heteroatoms. The number of ether oxygens (including phenoxy) is 1. The Hall–Kier alpha value is -2.64. The lowest BCUT2D eigenvalue weighted by Crippen LogP contribution is -2.28. The molecular formula is C23H21BrN2O3S. The van der Waals surface area contributed by atoms with E-state index in [4.69, 9.17) is 4.74 Å². The summed E-state index contributed by atoms with van der Waals surface area (Å²) in [7, 11) is -2.27. The number of nitrogens with zero attached hydrogens (tertiary/aromatic N) is 2. The molecule has 0 saturated heterocycles. The van der Waals surface area contributed by atoms with E-state index in [1.165, 1.54) is 4.41 Å². The van der Waals surface area contributed by atoms with Gasteiger partial charge >= 0.3 is 0 Å². The summed E-state index contributed by atoms with van der Waals surface area (Å²) in [5, 5.41) is 4.60. The first kappa shape index (κ1) is 20.6. The number of aryl methyl sites for hydroxylation is 1. The molecule has 154 valence electrons. The maximum atomic E-state index is 13.6. The monoisotopic (exact) mass is 484 g/mol. The molecule has 0 unspecified atom stereocenters. The molecule has 4 rings (SSSR count). The van der Waals surface area contributed by atoms with Crippen LogP contribution in [0.3, 0.4) is 0 Å². The maximum absolute atomic E-state index is 13.6. The zero-order valence-electron chi connectivity index (χ0n) is 16.6. The lowest BCUT2D eigenvalue weighted by Gasteiger charge is -2.25. The Labute approximate surface area is 185 Å². The summed E-state index contributed by atoms with van der Waals surface area (Å²) >= 11 is 3.44. The van der Waals surface area contributed by atoms with E-state index < -0.39 is 16.1 Å². The highest BCUT2D eigenvalue weighted by atomic mass is 79.9. The fraction of sp³-hybridized carbons (Fsp3) is 0.174. The van der Waals surface area contributed by atoms with Gasteiger partial charge in [-0.2, -0.15) is 17.9 Å². The van der Waals surface area contributed by atoms with E-state index in [0.29, 0.717) is 17.7 Å². The molecule has 0 spiro atoms. The van der Waals surface area contributed by atoms with Crippen molar-refractivity contribution in [3.8, 4) is 5.75 Å². The Kier molecular flexibility index (Phi) is 5.66. The van der Waals surface area contributed by atoms with Gasteiger partial charge in [0.1, 0.15) is 5.75 Å². The predicted octanol–water partition coefficient (Wildman–Crippen LogP) is 5.31. The molecular weight excluding hydrogens is 464 g/mol. The molecule has 3 aromatic carbocycles. The minimum Gasteiger partial charge on any atom is -0.496 e. The fourth-order valence-corrected chi connectivity index (χ4v) is 5.57. The number of sulfonamides is 1. The molecule has 0 saturated carbocycles. The van der Waals surface area contributed by atoms with E-state index in [-0.39, 0.29) is 4.90 Å². The molecule has 1 aliphatic heterocycles. The highest BCUT2D eigenvalue weighted by Gasteiger charge is 2.39. The highest BCUT2D eigenvalue weighted by Crippen LogP contribution is 2.41. The molecule has 0 aliphatic carbocycles. The van der Waals surface area contributed by atoms with Gasteiger partial charge in [0, 0.05) is 16.5 Å². The average molecular weight is 485 g/mol. The summed E-state index contributed by atoms with van der Waals surface area (Å²) in [6.07, 6.45) is 0.452. The topological polar surface area (TPSA) is 59.0 Å². The van der Waals surface area contributed by atoms with Crippen molar-refractivity contribution in [2.24, 2.45) is 5.10 Å². The number of hydrogen-bond acceptors (Lipinski definition) is 4. The summed E-state index contributed by atoms with van der Waals surface area (Å²) in [4.78, 5) is 0.255. The zero-order chi connectivity index (χ0) is 21.3. The minimum absolute atomic E-state index is 0.255. The molecule has 30 heavy (non-hydrogen) atoms. The van der Waals surface area contributed by atoms with Crippen LogP contribution in [0.1, 0.15) is 29.2 Å². The van der Waals surface area contributed by atoms with Crippen molar-refractivity contribution < 1.29 is 13.2 Å². The third-order valence-electron chi connectivity index (χ3n) is 5.17. The second-order valence-corrected chi connectivity index (χ2v) is 9.74. The smallest absolute Gasteiger partial charge is 0.279 e. The number of hydrogen-bond donors (Lipinski definition) is 0. The minimum atomic E-state index is -3.86. The summed E-state index contributed by atoms with van der Waals surface area (Å²) in [6, 6.07) is 21.7. The second kappa shape index (κ2) is 8.24. The Morgan fingerprint density at radius 2 is 1.67 bits per heavy atom. The molecule has 0 fully saturated rings. The van der Waals surface area contributed by atoms with Crippen LogP contribution in [-0.4, -0.2) is 25.7 Å². The maximum Gasteiger partial charge on any atom is 0.279 e. The van der Waals surface area contributed by atoms with Gasteiger partial charge in [-0.25, -0.2) is 0 Å². The summed E-state index contributed by atoms with van der Waals surface area (Å²) in [5.41, 5.74) is 3.08. The van der Waals surface area contributed by atoms with Gasteiger partial charge in [0.05, 0.1) is 23.8 Å². The van der Waals surface area contributed by atoms with Crippen LogP contribution in [0.4, 0.5) is 0 Å². The van der Waals surface area contributed by atoms with Gasteiger partial charge in [-0.05, 0) is 42.3 Å². The zero-order valence-corrected chi connectivity index (χ0v) is 19.0. The van der Waals surface area contributed by atoms with E-state index >= 15 is 0 Å². The van der Waals surface area contributed by atoms with E-state index in [1.54, 1.807) is 32.2 Å². The van der Waals surface area contributed by atoms with Crippen molar-refractivity contribution >= 4 is 31.7 Å². The van der Waals surface area contributed by atoms with Crippen LogP contribution in [0.15, 0.2) is 87.3 Å². The van der Waals surface area contributed by atoms with Crippen molar-refractivity contribution in [2.45, 2.75) is 24.3 Å². The van der Waals surface area contributed by atoms with Gasteiger partial charge in [-0.3, -0.25) is 0 Å². The average Bonchev–Trinajstić information content (AvgIpc) is 3.20. The van der Waals surface area contributed by atoms with Gasteiger partial charge in [-0.15, -0.1) is 0 Å². The summed E-state index contributed by atoms with van der Waals surface area (Å²) < 4.78 is 35.0. The lowest BCUT2D eigenvalue weighted by atomic mass is 9.98. The Morgan fingerprint density at radius 3 is 2.37 bits per heavy atom. The molecule has 1 aliphatic rings. The number of rotatable bonds is 5. The first-order valence-electron chi connectivity index (χ1n) is 9.48. The summed E-state index contributed by atoms with van der Waals surface area (Å²) in [6.45, 7) is 1.79. The largest absolute Gasteiger partial charge is 0.496 e. The molecule has 0 aromatic heterocycles. The first-order chi connectivity index (χ1) is 14.4. The van der Waals surface area contributed by atoms with E-state index in [9.17, 15) is 8.42 Å². The molecule has 1 atom stereocenters. The number of methoxy groups -OCH3 is 1. The molecule has 0 radical (unpaired) electrons. The predicted molar refractivity (Wildman–Crippen MR) is 121 cm³/mol. The van der Waals surface area contributed by atoms with Gasteiger partial charge in [0.25, 0.3) is 10.0 Å². The van der Waals surface area contributed by atoms with Crippen molar-refractivity contribution in [1.82, 2.24) is 4.41 Å². The number of hydrazone groups is 1. The van der Waals surface area contributed by atoms with Crippen molar-refractivity contribution in [3.05, 3.63) is 94.0 Å².